The lowest BCUT2D eigenvalue weighted by atomic mass is 9.98. The molecule has 0 fully saturated rings. The number of nitrogens with zero attached hydrogens (tertiary/aromatic N) is 3. The molecule has 2 amide bonds. The molecule has 2 heterocycles. The van der Waals surface area contributed by atoms with Gasteiger partial charge in [-0.05, 0) is 66.4 Å². The van der Waals surface area contributed by atoms with Crippen molar-refractivity contribution in [3.63, 3.8) is 0 Å². The summed E-state index contributed by atoms with van der Waals surface area (Å²) in [5.74, 6) is -0.0786. The smallest absolute Gasteiger partial charge is 0.282 e. The molecule has 0 aromatic heterocycles. The molecule has 0 atom stereocenters. The molecular formula is C27H21N3O3. The number of ether oxygens (including phenoxy) is 1. The lowest BCUT2D eigenvalue weighted by Crippen LogP contribution is -2.37. The van der Waals surface area contributed by atoms with Gasteiger partial charge in [-0.15, -0.1) is 0 Å². The second-order valence-electron chi connectivity index (χ2n) is 7.94. The van der Waals surface area contributed by atoms with E-state index >= 15 is 0 Å². The monoisotopic (exact) mass is 435 g/mol. The van der Waals surface area contributed by atoms with E-state index in [0.29, 0.717) is 40.4 Å². The first kappa shape index (κ1) is 20.5. The van der Waals surface area contributed by atoms with Crippen molar-refractivity contribution in [1.29, 1.82) is 5.26 Å². The van der Waals surface area contributed by atoms with E-state index < -0.39 is 0 Å². The third-order valence-electron chi connectivity index (χ3n) is 6.07. The molecular weight excluding hydrogens is 414 g/mol. The molecule has 0 N–H and O–H groups in total. The molecule has 0 spiro atoms. The minimum absolute atomic E-state index is 0.365. The highest BCUT2D eigenvalue weighted by Gasteiger charge is 2.43. The Kier molecular flexibility index (Phi) is 5.15. The molecule has 3 aromatic carbocycles. The maximum atomic E-state index is 13.8. The molecule has 0 saturated carbocycles. The predicted molar refractivity (Wildman–Crippen MR) is 126 cm³/mol. The van der Waals surface area contributed by atoms with Crippen molar-refractivity contribution in [2.75, 3.05) is 23.5 Å². The Balaban J connectivity index is 1.67. The number of nitriles is 1. The summed E-state index contributed by atoms with van der Waals surface area (Å²) < 4.78 is 5.27. The summed E-state index contributed by atoms with van der Waals surface area (Å²) in [4.78, 5) is 30.7. The van der Waals surface area contributed by atoms with Crippen LogP contribution < -0.4 is 14.5 Å². The summed E-state index contributed by atoms with van der Waals surface area (Å²) in [6.07, 6.45) is 1.81. The molecule has 162 valence electrons. The van der Waals surface area contributed by atoms with Crippen LogP contribution in [0.25, 0.3) is 5.57 Å². The first-order valence-corrected chi connectivity index (χ1v) is 10.8. The Morgan fingerprint density at radius 2 is 1.64 bits per heavy atom. The number of aryl methyl sites for hydroxylation is 1. The summed E-state index contributed by atoms with van der Waals surface area (Å²) in [7, 11) is 1.58. The lowest BCUT2D eigenvalue weighted by Gasteiger charge is -2.32. The van der Waals surface area contributed by atoms with Gasteiger partial charge < -0.3 is 9.64 Å². The van der Waals surface area contributed by atoms with E-state index in [9.17, 15) is 9.59 Å². The van der Waals surface area contributed by atoms with Gasteiger partial charge in [-0.2, -0.15) is 5.26 Å². The second-order valence-corrected chi connectivity index (χ2v) is 7.94. The van der Waals surface area contributed by atoms with Gasteiger partial charge in [0.1, 0.15) is 11.4 Å². The number of carbonyl (C=O) groups is 2. The fourth-order valence-electron chi connectivity index (χ4n) is 4.47. The Morgan fingerprint density at radius 3 is 2.33 bits per heavy atom. The number of hydrogen-bond donors (Lipinski definition) is 0. The minimum atomic E-state index is -0.382. The fourth-order valence-corrected chi connectivity index (χ4v) is 4.47. The topological polar surface area (TPSA) is 73.6 Å². The van der Waals surface area contributed by atoms with Crippen molar-refractivity contribution < 1.29 is 14.3 Å². The molecule has 2 aliphatic heterocycles. The highest BCUT2D eigenvalue weighted by atomic mass is 16.5. The van der Waals surface area contributed by atoms with Gasteiger partial charge in [-0.1, -0.05) is 30.3 Å². The van der Waals surface area contributed by atoms with Crippen LogP contribution >= 0.6 is 0 Å². The van der Waals surface area contributed by atoms with E-state index in [1.807, 2.05) is 23.1 Å². The van der Waals surface area contributed by atoms with Crippen LogP contribution in [0, 0.1) is 11.3 Å². The third-order valence-corrected chi connectivity index (χ3v) is 6.07. The van der Waals surface area contributed by atoms with Crippen LogP contribution in [0.3, 0.4) is 0 Å². The zero-order valence-corrected chi connectivity index (χ0v) is 18.1. The fraction of sp³-hybridized carbons (Fsp3) is 0.148. The Hall–Kier alpha value is -4.37. The molecule has 0 saturated heterocycles. The van der Waals surface area contributed by atoms with Crippen LogP contribution in [0.5, 0.6) is 5.75 Å². The van der Waals surface area contributed by atoms with Crippen molar-refractivity contribution in [2.24, 2.45) is 0 Å². The van der Waals surface area contributed by atoms with Gasteiger partial charge in [0.15, 0.2) is 0 Å². The number of imide groups is 1. The predicted octanol–water partition coefficient (Wildman–Crippen LogP) is 4.30. The van der Waals surface area contributed by atoms with Crippen LogP contribution in [-0.4, -0.2) is 25.5 Å². The highest BCUT2D eigenvalue weighted by Crippen LogP contribution is 2.39. The van der Waals surface area contributed by atoms with E-state index in [1.165, 1.54) is 4.90 Å². The Morgan fingerprint density at radius 1 is 0.909 bits per heavy atom. The average molecular weight is 435 g/mol. The third kappa shape index (κ3) is 3.44. The van der Waals surface area contributed by atoms with Gasteiger partial charge in [0, 0.05) is 12.2 Å². The molecule has 0 unspecified atom stereocenters. The summed E-state index contributed by atoms with van der Waals surface area (Å²) in [6, 6.07) is 23.7. The SMILES string of the molecule is COc1ccc(C2=C(N3CCCc4ccccc43)C(=O)N(c3ccc(C#N)cc3)C2=O)cc1. The number of methoxy groups -OCH3 is 1. The zero-order valence-electron chi connectivity index (χ0n) is 18.1. The molecule has 33 heavy (non-hydrogen) atoms. The number of hydrogen-bond acceptors (Lipinski definition) is 5. The number of para-hydroxylation sites is 1. The molecule has 0 aliphatic carbocycles. The van der Waals surface area contributed by atoms with Gasteiger partial charge in [-0.25, -0.2) is 4.90 Å². The molecule has 6 nitrogen and oxygen atoms in total. The van der Waals surface area contributed by atoms with Crippen molar-refractivity contribution in [3.8, 4) is 11.8 Å². The summed E-state index contributed by atoms with van der Waals surface area (Å²) in [6.45, 7) is 0.645. The average Bonchev–Trinajstić information content (AvgIpc) is 3.13. The Bertz CT molecular complexity index is 1320. The number of rotatable bonds is 4. The van der Waals surface area contributed by atoms with Crippen LogP contribution in [-0.2, 0) is 16.0 Å². The lowest BCUT2D eigenvalue weighted by molar-refractivity contribution is -0.120. The van der Waals surface area contributed by atoms with E-state index in [0.717, 1.165) is 24.1 Å². The zero-order chi connectivity index (χ0) is 22.9. The number of carbonyl (C=O) groups excluding carboxylic acids is 2. The normalized spacial score (nSPS) is 15.5. The first-order chi connectivity index (χ1) is 16.1. The molecule has 5 rings (SSSR count). The maximum absolute atomic E-state index is 13.8. The molecule has 6 heteroatoms. The molecule has 0 bridgehead atoms. The van der Waals surface area contributed by atoms with E-state index in [4.69, 9.17) is 10.00 Å². The molecule has 2 aliphatic rings. The van der Waals surface area contributed by atoms with Gasteiger partial charge in [0.2, 0.25) is 0 Å². The van der Waals surface area contributed by atoms with Gasteiger partial charge >= 0.3 is 0 Å². The summed E-state index contributed by atoms with van der Waals surface area (Å²) in [5, 5.41) is 9.11. The van der Waals surface area contributed by atoms with Crippen molar-refractivity contribution in [2.45, 2.75) is 12.8 Å². The quantitative estimate of drug-likeness (QED) is 0.571. The van der Waals surface area contributed by atoms with Crippen molar-refractivity contribution in [1.82, 2.24) is 0 Å². The minimum Gasteiger partial charge on any atom is -0.497 e. The second kappa shape index (κ2) is 8.29. The molecule has 3 aromatic rings. The standard InChI is InChI=1S/C27H21N3O3/c1-33-22-14-10-20(11-15-22)24-25(29-16-4-6-19-5-2-3-7-23(19)29)27(32)30(26(24)31)21-12-8-18(17-28)9-13-21/h2-3,5,7-15H,4,6,16H2,1H3. The van der Waals surface area contributed by atoms with Crippen LogP contribution in [0.15, 0.2) is 78.5 Å². The van der Waals surface area contributed by atoms with Crippen molar-refractivity contribution >= 4 is 28.8 Å². The van der Waals surface area contributed by atoms with Gasteiger partial charge in [0.05, 0.1) is 30.0 Å². The van der Waals surface area contributed by atoms with Crippen LogP contribution in [0.4, 0.5) is 11.4 Å². The number of fused-ring (bicyclic) bond motifs is 1. The van der Waals surface area contributed by atoms with Gasteiger partial charge in [0.25, 0.3) is 11.8 Å². The van der Waals surface area contributed by atoms with E-state index in [1.54, 1.807) is 55.6 Å². The van der Waals surface area contributed by atoms with E-state index in [-0.39, 0.29) is 11.8 Å². The largest absolute Gasteiger partial charge is 0.497 e. The van der Waals surface area contributed by atoms with Crippen LogP contribution in [0.1, 0.15) is 23.1 Å². The number of anilines is 2. The van der Waals surface area contributed by atoms with Gasteiger partial charge in [-0.3, -0.25) is 9.59 Å². The maximum Gasteiger partial charge on any atom is 0.282 e. The number of amides is 2. The van der Waals surface area contributed by atoms with Crippen LogP contribution in [0.2, 0.25) is 0 Å². The summed E-state index contributed by atoms with van der Waals surface area (Å²) in [5.41, 5.74) is 4.41. The highest BCUT2D eigenvalue weighted by molar-refractivity contribution is 6.46. The number of benzene rings is 3. The summed E-state index contributed by atoms with van der Waals surface area (Å²) >= 11 is 0. The first-order valence-electron chi connectivity index (χ1n) is 10.8. The molecule has 0 radical (unpaired) electrons. The van der Waals surface area contributed by atoms with E-state index in [2.05, 4.69) is 12.1 Å². The Labute approximate surface area is 191 Å². The van der Waals surface area contributed by atoms with Crippen molar-refractivity contribution in [3.05, 3.63) is 95.2 Å².